The number of piperidine rings is 1. The summed E-state index contributed by atoms with van der Waals surface area (Å²) in [6, 6.07) is 16.8. The van der Waals surface area contributed by atoms with E-state index < -0.39 is 5.91 Å². The number of morpholine rings is 1. The SMILES string of the molecule is NC(=O)c1cn([C@@H]2CCCN(C(=O)C#CCN3CCOCC3)C2)nc1-c1ccc(Oc2ccccc2)cc1. The van der Waals surface area contributed by atoms with E-state index in [-0.39, 0.29) is 11.9 Å². The molecule has 9 nitrogen and oxygen atoms in total. The lowest BCUT2D eigenvalue weighted by Gasteiger charge is -2.31. The third-order valence-corrected chi connectivity index (χ3v) is 6.76. The minimum atomic E-state index is -0.548. The third kappa shape index (κ3) is 6.22. The monoisotopic (exact) mass is 513 g/mol. The molecule has 0 aliphatic carbocycles. The van der Waals surface area contributed by atoms with Gasteiger partial charge in [-0.1, -0.05) is 24.1 Å². The van der Waals surface area contributed by atoms with E-state index in [4.69, 9.17) is 20.3 Å². The molecule has 1 atom stereocenters. The van der Waals surface area contributed by atoms with Crippen molar-refractivity contribution in [3.63, 3.8) is 0 Å². The van der Waals surface area contributed by atoms with Crippen LogP contribution >= 0.6 is 0 Å². The number of amides is 2. The second-order valence-corrected chi connectivity index (χ2v) is 9.41. The third-order valence-electron chi connectivity index (χ3n) is 6.76. The number of aromatic nitrogens is 2. The second-order valence-electron chi connectivity index (χ2n) is 9.41. The number of ether oxygens (including phenoxy) is 2. The predicted molar refractivity (Wildman–Crippen MR) is 143 cm³/mol. The lowest BCUT2D eigenvalue weighted by atomic mass is 10.1. The van der Waals surface area contributed by atoms with Gasteiger partial charge in [-0.25, -0.2) is 0 Å². The van der Waals surface area contributed by atoms with Gasteiger partial charge in [-0.15, -0.1) is 0 Å². The van der Waals surface area contributed by atoms with Gasteiger partial charge in [0.25, 0.3) is 11.8 Å². The van der Waals surface area contributed by atoms with E-state index in [9.17, 15) is 9.59 Å². The molecule has 9 heteroatoms. The maximum absolute atomic E-state index is 12.8. The average molecular weight is 514 g/mol. The van der Waals surface area contributed by atoms with Gasteiger partial charge in [0.05, 0.1) is 31.4 Å². The van der Waals surface area contributed by atoms with Crippen molar-refractivity contribution in [3.8, 4) is 34.6 Å². The number of nitrogens with zero attached hydrogens (tertiary/aromatic N) is 4. The highest BCUT2D eigenvalue weighted by Crippen LogP contribution is 2.29. The molecule has 38 heavy (non-hydrogen) atoms. The van der Waals surface area contributed by atoms with Crippen LogP contribution in [0.25, 0.3) is 11.3 Å². The highest BCUT2D eigenvalue weighted by Gasteiger charge is 2.27. The summed E-state index contributed by atoms with van der Waals surface area (Å²) in [7, 11) is 0. The van der Waals surface area contributed by atoms with Gasteiger partial charge in [-0.2, -0.15) is 5.10 Å². The minimum Gasteiger partial charge on any atom is -0.457 e. The van der Waals surface area contributed by atoms with Gasteiger partial charge in [0, 0.05) is 37.9 Å². The van der Waals surface area contributed by atoms with E-state index in [1.54, 1.807) is 15.8 Å². The molecule has 2 amide bonds. The van der Waals surface area contributed by atoms with Crippen LogP contribution in [0.15, 0.2) is 60.8 Å². The van der Waals surface area contributed by atoms with Crippen LogP contribution in [0.4, 0.5) is 0 Å². The van der Waals surface area contributed by atoms with E-state index in [2.05, 4.69) is 16.7 Å². The van der Waals surface area contributed by atoms with Crippen molar-refractivity contribution in [2.75, 3.05) is 45.9 Å². The Morgan fingerprint density at radius 1 is 1.03 bits per heavy atom. The summed E-state index contributed by atoms with van der Waals surface area (Å²) < 4.78 is 13.0. The van der Waals surface area contributed by atoms with Crippen LogP contribution in [0.5, 0.6) is 11.5 Å². The molecule has 3 aromatic rings. The first-order valence-electron chi connectivity index (χ1n) is 12.9. The van der Waals surface area contributed by atoms with Crippen LogP contribution < -0.4 is 10.5 Å². The van der Waals surface area contributed by atoms with Crippen LogP contribution in [0.2, 0.25) is 0 Å². The van der Waals surface area contributed by atoms with Crippen LogP contribution in [0.3, 0.4) is 0 Å². The number of carbonyl (C=O) groups is 2. The topological polar surface area (TPSA) is 103 Å². The van der Waals surface area contributed by atoms with Crippen molar-refractivity contribution in [2.45, 2.75) is 18.9 Å². The van der Waals surface area contributed by atoms with Gasteiger partial charge >= 0.3 is 0 Å². The standard InChI is InChI=1S/C29H31N5O4/c30-29(36)26-21-34(31-28(26)22-10-12-25(13-11-22)38-24-7-2-1-3-8-24)23-6-4-15-33(20-23)27(35)9-5-14-32-16-18-37-19-17-32/h1-3,7-8,10-13,21,23H,4,6,14-20H2,(H2,30,36)/t23-/m1/s1. The molecule has 2 aromatic carbocycles. The Labute approximate surface area is 222 Å². The number of para-hydroxylation sites is 1. The van der Waals surface area contributed by atoms with Gasteiger partial charge in [0.1, 0.15) is 17.2 Å². The molecule has 2 aliphatic rings. The molecule has 2 N–H and O–H groups in total. The Bertz CT molecular complexity index is 1320. The molecular weight excluding hydrogens is 482 g/mol. The van der Waals surface area contributed by atoms with Crippen molar-refractivity contribution in [2.24, 2.45) is 5.73 Å². The lowest BCUT2D eigenvalue weighted by molar-refractivity contribution is -0.126. The van der Waals surface area contributed by atoms with E-state index in [0.29, 0.717) is 49.9 Å². The van der Waals surface area contributed by atoms with E-state index in [1.807, 2.05) is 54.6 Å². The summed E-state index contributed by atoms with van der Waals surface area (Å²) in [6.45, 7) is 4.77. The number of likely N-dealkylation sites (tertiary alicyclic amines) is 1. The van der Waals surface area contributed by atoms with Crippen LogP contribution in [0.1, 0.15) is 29.2 Å². The van der Waals surface area contributed by atoms with Gasteiger partial charge in [-0.05, 0) is 55.2 Å². The Morgan fingerprint density at radius 2 is 1.76 bits per heavy atom. The van der Waals surface area contributed by atoms with Crippen LogP contribution in [0, 0.1) is 11.8 Å². The fraction of sp³-hybridized carbons (Fsp3) is 0.345. The van der Waals surface area contributed by atoms with Crippen molar-refractivity contribution < 1.29 is 19.1 Å². The molecule has 2 aliphatic heterocycles. The molecule has 1 aromatic heterocycles. The van der Waals surface area contributed by atoms with Crippen LogP contribution in [-0.4, -0.2) is 77.3 Å². The van der Waals surface area contributed by atoms with Crippen molar-refractivity contribution in [1.29, 1.82) is 0 Å². The molecule has 5 rings (SSSR count). The molecule has 0 saturated carbocycles. The minimum absolute atomic E-state index is 0.0683. The van der Waals surface area contributed by atoms with E-state index in [0.717, 1.165) is 37.2 Å². The van der Waals surface area contributed by atoms with Crippen molar-refractivity contribution in [1.82, 2.24) is 19.6 Å². The maximum atomic E-state index is 12.8. The fourth-order valence-corrected chi connectivity index (χ4v) is 4.70. The molecule has 3 heterocycles. The van der Waals surface area contributed by atoms with Gasteiger partial charge in [0.15, 0.2) is 0 Å². The molecule has 196 valence electrons. The fourth-order valence-electron chi connectivity index (χ4n) is 4.70. The normalized spacial score (nSPS) is 17.9. The highest BCUT2D eigenvalue weighted by molar-refractivity contribution is 5.98. The summed E-state index contributed by atoms with van der Waals surface area (Å²) in [5.41, 5.74) is 7.32. The summed E-state index contributed by atoms with van der Waals surface area (Å²) in [6.07, 6.45) is 3.36. The molecule has 0 bridgehead atoms. The second kappa shape index (κ2) is 11.9. The zero-order valence-electron chi connectivity index (χ0n) is 21.2. The maximum Gasteiger partial charge on any atom is 0.298 e. The Balaban J connectivity index is 1.27. The quantitative estimate of drug-likeness (QED) is 0.509. The number of hydrogen-bond acceptors (Lipinski definition) is 6. The average Bonchev–Trinajstić information content (AvgIpc) is 3.41. The zero-order chi connectivity index (χ0) is 26.3. The first kappa shape index (κ1) is 25.5. The molecular formula is C29H31N5O4. The molecule has 0 radical (unpaired) electrons. The van der Waals surface area contributed by atoms with E-state index in [1.165, 1.54) is 0 Å². The summed E-state index contributed by atoms with van der Waals surface area (Å²) in [5.74, 6) is 6.49. The number of rotatable bonds is 6. The first-order valence-corrected chi connectivity index (χ1v) is 12.9. The first-order chi connectivity index (χ1) is 18.6. The highest BCUT2D eigenvalue weighted by atomic mass is 16.5. The smallest absolute Gasteiger partial charge is 0.298 e. The Hall–Kier alpha value is -4.13. The molecule has 2 fully saturated rings. The van der Waals surface area contributed by atoms with Crippen molar-refractivity contribution >= 4 is 11.8 Å². The van der Waals surface area contributed by atoms with Gasteiger partial charge < -0.3 is 20.1 Å². The Morgan fingerprint density at radius 3 is 2.50 bits per heavy atom. The van der Waals surface area contributed by atoms with Crippen LogP contribution in [-0.2, 0) is 9.53 Å². The number of nitrogens with two attached hydrogens (primary N) is 1. The van der Waals surface area contributed by atoms with Gasteiger partial charge in [0.2, 0.25) is 0 Å². The summed E-state index contributed by atoms with van der Waals surface area (Å²) >= 11 is 0. The molecule has 2 saturated heterocycles. The van der Waals surface area contributed by atoms with Crippen molar-refractivity contribution in [3.05, 3.63) is 66.4 Å². The molecule has 0 unspecified atom stereocenters. The number of carbonyl (C=O) groups excluding carboxylic acids is 2. The number of hydrogen-bond donors (Lipinski definition) is 1. The summed E-state index contributed by atoms with van der Waals surface area (Å²) in [4.78, 5) is 29.0. The van der Waals surface area contributed by atoms with E-state index >= 15 is 0 Å². The zero-order valence-corrected chi connectivity index (χ0v) is 21.2. The molecule has 0 spiro atoms. The number of primary amides is 1. The number of benzene rings is 2. The predicted octanol–water partition coefficient (Wildman–Crippen LogP) is 2.94. The van der Waals surface area contributed by atoms with Gasteiger partial charge in [-0.3, -0.25) is 19.2 Å². The largest absolute Gasteiger partial charge is 0.457 e. The Kier molecular flexibility index (Phi) is 8.02. The lowest BCUT2D eigenvalue weighted by Crippen LogP contribution is -2.40. The summed E-state index contributed by atoms with van der Waals surface area (Å²) in [5, 5.41) is 4.74.